The van der Waals surface area contributed by atoms with Gasteiger partial charge in [-0.05, 0) is 18.9 Å². The summed E-state index contributed by atoms with van der Waals surface area (Å²) in [6.07, 6.45) is 4.19. The van der Waals surface area contributed by atoms with E-state index in [-0.39, 0.29) is 12.5 Å². The molecule has 0 aromatic heterocycles. The molecule has 1 saturated heterocycles. The third-order valence-corrected chi connectivity index (χ3v) is 2.74. The first kappa shape index (κ1) is 10.3. The summed E-state index contributed by atoms with van der Waals surface area (Å²) < 4.78 is 13.9. The van der Waals surface area contributed by atoms with Gasteiger partial charge in [0.1, 0.15) is 5.82 Å². The number of rotatable bonds is 3. The van der Waals surface area contributed by atoms with Gasteiger partial charge in [0.2, 0.25) is 0 Å². The zero-order valence-corrected chi connectivity index (χ0v) is 8.72. The molecule has 0 aliphatic carbocycles. The molecule has 2 aliphatic rings. The maximum absolute atomic E-state index is 13.9. The zero-order chi connectivity index (χ0) is 10.7. The zero-order valence-electron chi connectivity index (χ0n) is 8.72. The Morgan fingerprint density at radius 3 is 2.87 bits per heavy atom. The normalized spacial score (nSPS) is 21.5. The SMILES string of the molecule is NCNC1=C(F)C(N2CCCC2)=CCN1. The van der Waals surface area contributed by atoms with E-state index in [1.165, 1.54) is 0 Å². The van der Waals surface area contributed by atoms with Crippen LogP contribution >= 0.6 is 0 Å². The summed E-state index contributed by atoms with van der Waals surface area (Å²) in [5.74, 6) is 0.204. The summed E-state index contributed by atoms with van der Waals surface area (Å²) >= 11 is 0. The summed E-state index contributed by atoms with van der Waals surface area (Å²) in [7, 11) is 0. The monoisotopic (exact) mass is 212 g/mol. The number of halogens is 1. The maximum atomic E-state index is 13.9. The predicted molar refractivity (Wildman–Crippen MR) is 57.2 cm³/mol. The fraction of sp³-hybridized carbons (Fsp3) is 0.600. The van der Waals surface area contributed by atoms with E-state index in [9.17, 15) is 4.39 Å². The highest BCUT2D eigenvalue weighted by atomic mass is 19.1. The topological polar surface area (TPSA) is 53.3 Å². The second-order valence-corrected chi connectivity index (χ2v) is 3.73. The summed E-state index contributed by atoms with van der Waals surface area (Å²) in [6, 6.07) is 0. The van der Waals surface area contributed by atoms with Crippen LogP contribution in [0.15, 0.2) is 23.4 Å². The number of nitrogens with two attached hydrogens (primary N) is 1. The Morgan fingerprint density at radius 1 is 1.47 bits per heavy atom. The van der Waals surface area contributed by atoms with Gasteiger partial charge in [-0.1, -0.05) is 0 Å². The van der Waals surface area contributed by atoms with E-state index in [0.29, 0.717) is 18.1 Å². The lowest BCUT2D eigenvalue weighted by Gasteiger charge is -2.26. The predicted octanol–water partition coefficient (Wildman–Crippen LogP) is 0.214. The number of hydrogen-bond acceptors (Lipinski definition) is 4. The van der Waals surface area contributed by atoms with Crippen LogP contribution in [-0.4, -0.2) is 31.2 Å². The highest BCUT2D eigenvalue weighted by Crippen LogP contribution is 2.24. The van der Waals surface area contributed by atoms with Gasteiger partial charge < -0.3 is 21.3 Å². The van der Waals surface area contributed by atoms with Crippen LogP contribution in [-0.2, 0) is 0 Å². The van der Waals surface area contributed by atoms with E-state index in [0.717, 1.165) is 25.9 Å². The van der Waals surface area contributed by atoms with Gasteiger partial charge in [-0.25, -0.2) is 4.39 Å². The molecule has 84 valence electrons. The summed E-state index contributed by atoms with van der Waals surface area (Å²) in [6.45, 7) is 2.80. The van der Waals surface area contributed by atoms with E-state index in [1.807, 2.05) is 6.08 Å². The highest BCUT2D eigenvalue weighted by Gasteiger charge is 2.22. The summed E-state index contributed by atoms with van der Waals surface area (Å²) in [4.78, 5) is 2.09. The van der Waals surface area contributed by atoms with Crippen molar-refractivity contribution in [3.8, 4) is 0 Å². The number of hydrogen-bond donors (Lipinski definition) is 3. The minimum Gasteiger partial charge on any atom is -0.369 e. The molecule has 0 unspecified atom stereocenters. The Balaban J connectivity index is 2.13. The van der Waals surface area contributed by atoms with Gasteiger partial charge in [0.05, 0.1) is 12.4 Å². The number of dihydropyridines is 1. The van der Waals surface area contributed by atoms with Crippen molar-refractivity contribution in [3.63, 3.8) is 0 Å². The van der Waals surface area contributed by atoms with Crippen LogP contribution in [0.2, 0.25) is 0 Å². The van der Waals surface area contributed by atoms with Crippen molar-refractivity contribution in [2.45, 2.75) is 12.8 Å². The van der Waals surface area contributed by atoms with Crippen LogP contribution in [0.5, 0.6) is 0 Å². The first-order valence-corrected chi connectivity index (χ1v) is 5.36. The molecule has 0 radical (unpaired) electrons. The molecule has 0 atom stereocenters. The van der Waals surface area contributed by atoms with Crippen molar-refractivity contribution in [1.29, 1.82) is 0 Å². The minimum atomic E-state index is -0.214. The second-order valence-electron chi connectivity index (χ2n) is 3.73. The molecule has 4 nitrogen and oxygen atoms in total. The van der Waals surface area contributed by atoms with Crippen LogP contribution < -0.4 is 16.4 Å². The Morgan fingerprint density at radius 2 is 2.20 bits per heavy atom. The van der Waals surface area contributed by atoms with Gasteiger partial charge >= 0.3 is 0 Å². The van der Waals surface area contributed by atoms with Gasteiger partial charge in [0.25, 0.3) is 0 Å². The van der Waals surface area contributed by atoms with Crippen molar-refractivity contribution in [2.24, 2.45) is 5.73 Å². The van der Waals surface area contributed by atoms with Crippen LogP contribution in [0.3, 0.4) is 0 Å². The molecule has 2 aliphatic heterocycles. The van der Waals surface area contributed by atoms with Crippen LogP contribution in [0.1, 0.15) is 12.8 Å². The molecular weight excluding hydrogens is 195 g/mol. The number of likely N-dealkylation sites (tertiary alicyclic amines) is 1. The van der Waals surface area contributed by atoms with Crippen molar-refractivity contribution in [1.82, 2.24) is 15.5 Å². The van der Waals surface area contributed by atoms with E-state index in [1.54, 1.807) is 0 Å². The fourth-order valence-corrected chi connectivity index (χ4v) is 2.01. The quantitative estimate of drug-likeness (QED) is 0.586. The third-order valence-electron chi connectivity index (χ3n) is 2.74. The minimum absolute atomic E-state index is 0.214. The smallest absolute Gasteiger partial charge is 0.186 e. The molecule has 0 bridgehead atoms. The van der Waals surface area contributed by atoms with Crippen LogP contribution in [0.25, 0.3) is 0 Å². The van der Waals surface area contributed by atoms with Gasteiger partial charge in [-0.3, -0.25) is 0 Å². The lowest BCUT2D eigenvalue weighted by Crippen LogP contribution is -2.36. The Kier molecular flexibility index (Phi) is 3.11. The standard InChI is InChI=1S/C10H17FN4/c11-9-8(15-5-1-2-6-15)3-4-13-10(9)14-7-12/h3,13-14H,1-2,4-7,12H2. The van der Waals surface area contributed by atoms with E-state index in [2.05, 4.69) is 15.5 Å². The van der Waals surface area contributed by atoms with E-state index in [4.69, 9.17) is 5.73 Å². The molecule has 0 aromatic carbocycles. The molecule has 0 amide bonds. The second kappa shape index (κ2) is 4.53. The van der Waals surface area contributed by atoms with E-state index >= 15 is 0 Å². The molecule has 15 heavy (non-hydrogen) atoms. The molecule has 2 heterocycles. The van der Waals surface area contributed by atoms with Crippen LogP contribution in [0.4, 0.5) is 4.39 Å². The van der Waals surface area contributed by atoms with Crippen molar-refractivity contribution < 1.29 is 4.39 Å². The van der Waals surface area contributed by atoms with Gasteiger partial charge in [0.15, 0.2) is 5.83 Å². The van der Waals surface area contributed by atoms with E-state index < -0.39 is 0 Å². The average molecular weight is 212 g/mol. The maximum Gasteiger partial charge on any atom is 0.186 e. The van der Waals surface area contributed by atoms with Crippen LogP contribution in [0, 0.1) is 0 Å². The molecule has 2 rings (SSSR count). The third kappa shape index (κ3) is 2.07. The lowest BCUT2D eigenvalue weighted by atomic mass is 10.2. The van der Waals surface area contributed by atoms with Gasteiger partial charge in [0, 0.05) is 19.6 Å². The Labute approximate surface area is 89.0 Å². The van der Waals surface area contributed by atoms with Crippen molar-refractivity contribution in [3.05, 3.63) is 23.4 Å². The molecule has 4 N–H and O–H groups in total. The highest BCUT2D eigenvalue weighted by molar-refractivity contribution is 5.32. The number of allylic oxidation sites excluding steroid dienone is 1. The summed E-state index contributed by atoms with van der Waals surface area (Å²) in [5.41, 5.74) is 6.05. The lowest BCUT2D eigenvalue weighted by molar-refractivity contribution is 0.393. The summed E-state index contributed by atoms with van der Waals surface area (Å²) in [5, 5.41) is 5.73. The molecule has 5 heteroatoms. The molecule has 0 spiro atoms. The number of nitrogens with one attached hydrogen (secondary N) is 2. The largest absolute Gasteiger partial charge is 0.369 e. The molecule has 0 saturated carbocycles. The van der Waals surface area contributed by atoms with Gasteiger partial charge in [-0.2, -0.15) is 0 Å². The van der Waals surface area contributed by atoms with Gasteiger partial charge in [-0.15, -0.1) is 0 Å². The van der Waals surface area contributed by atoms with Crippen molar-refractivity contribution in [2.75, 3.05) is 26.3 Å². The molecular formula is C10H17FN4. The first-order valence-electron chi connectivity index (χ1n) is 5.36. The Hall–Kier alpha value is -1.23. The fourth-order valence-electron chi connectivity index (χ4n) is 2.01. The van der Waals surface area contributed by atoms with Crippen molar-refractivity contribution >= 4 is 0 Å². The molecule has 0 aromatic rings. The number of nitrogens with zero attached hydrogens (tertiary/aromatic N) is 1. The first-order chi connectivity index (χ1) is 7.33. The molecule has 1 fully saturated rings. The Bertz CT molecular complexity index is 292. The average Bonchev–Trinajstić information content (AvgIpc) is 2.74.